The smallest absolute Gasteiger partial charge is 0.229 e. The number of thiazole rings is 1. The van der Waals surface area contributed by atoms with Gasteiger partial charge in [0, 0.05) is 23.4 Å². The summed E-state index contributed by atoms with van der Waals surface area (Å²) in [5, 5.41) is 3.47. The Kier molecular flexibility index (Phi) is 3.53. The molecule has 1 fully saturated rings. The van der Waals surface area contributed by atoms with E-state index in [1.54, 1.807) is 12.3 Å². The summed E-state index contributed by atoms with van der Waals surface area (Å²) in [5.74, 6) is 0.458. The van der Waals surface area contributed by atoms with Crippen LogP contribution in [0.4, 0.5) is 9.52 Å². The number of benzene rings is 1. The van der Waals surface area contributed by atoms with Crippen LogP contribution in [0.3, 0.4) is 0 Å². The van der Waals surface area contributed by atoms with Gasteiger partial charge in [-0.25, -0.2) is 9.37 Å². The fourth-order valence-electron chi connectivity index (χ4n) is 2.18. The van der Waals surface area contributed by atoms with Crippen LogP contribution in [0.15, 0.2) is 30.5 Å². The average Bonchev–Trinajstić information content (AvgIpc) is 2.98. The predicted molar refractivity (Wildman–Crippen MR) is 77.2 cm³/mol. The second kappa shape index (κ2) is 5.32. The zero-order valence-electron chi connectivity index (χ0n) is 11.1. The third-order valence-corrected chi connectivity index (χ3v) is 4.41. The van der Waals surface area contributed by atoms with Crippen molar-refractivity contribution >= 4 is 22.4 Å². The summed E-state index contributed by atoms with van der Waals surface area (Å²) < 4.78 is 13.1. The fourth-order valence-corrected chi connectivity index (χ4v) is 3.03. The number of halogens is 1. The Morgan fingerprint density at radius 3 is 3.05 bits per heavy atom. The highest BCUT2D eigenvalue weighted by atomic mass is 32.1. The monoisotopic (exact) mass is 290 g/mol. The predicted octanol–water partition coefficient (Wildman–Crippen LogP) is 3.47. The third-order valence-electron chi connectivity index (χ3n) is 3.50. The number of rotatable bonds is 4. The van der Waals surface area contributed by atoms with E-state index in [1.807, 2.05) is 6.07 Å². The molecule has 2 atom stereocenters. The zero-order valence-corrected chi connectivity index (χ0v) is 11.9. The topological polar surface area (TPSA) is 42.0 Å². The van der Waals surface area contributed by atoms with Gasteiger partial charge in [0.25, 0.3) is 0 Å². The number of nitrogens with zero attached hydrogens (tertiary/aromatic N) is 1. The maximum atomic E-state index is 13.1. The van der Waals surface area contributed by atoms with Crippen molar-refractivity contribution in [3.05, 3.63) is 46.7 Å². The van der Waals surface area contributed by atoms with E-state index in [1.165, 1.54) is 23.5 Å². The van der Waals surface area contributed by atoms with Gasteiger partial charge < -0.3 is 5.32 Å². The summed E-state index contributed by atoms with van der Waals surface area (Å²) in [4.78, 5) is 17.0. The van der Waals surface area contributed by atoms with Gasteiger partial charge in [-0.05, 0) is 30.0 Å². The van der Waals surface area contributed by atoms with Gasteiger partial charge in [-0.1, -0.05) is 19.1 Å². The van der Waals surface area contributed by atoms with Gasteiger partial charge in [0.2, 0.25) is 5.91 Å². The van der Waals surface area contributed by atoms with Crippen LogP contribution in [0.2, 0.25) is 0 Å². The summed E-state index contributed by atoms with van der Waals surface area (Å²) in [6.07, 6.45) is 3.33. The van der Waals surface area contributed by atoms with E-state index in [4.69, 9.17) is 0 Å². The molecule has 1 amide bonds. The number of aromatic nitrogens is 1. The Bertz CT molecular complexity index is 640. The minimum atomic E-state index is -0.233. The Hall–Kier alpha value is -1.75. The molecule has 5 heteroatoms. The van der Waals surface area contributed by atoms with Crippen molar-refractivity contribution in [1.29, 1.82) is 0 Å². The first kappa shape index (κ1) is 13.2. The standard InChI is InChI=1S/C15H15FN2OS/c1-9-5-13(9)14(19)18-15-17-8-12(20-15)7-10-3-2-4-11(16)6-10/h2-4,6,8-9,13H,5,7H2,1H3,(H,17,18,19). The van der Waals surface area contributed by atoms with Crippen molar-refractivity contribution in [3.8, 4) is 0 Å². The number of hydrogen-bond acceptors (Lipinski definition) is 3. The Labute approximate surface area is 120 Å². The molecule has 1 aliphatic rings. The quantitative estimate of drug-likeness (QED) is 0.937. The Morgan fingerprint density at radius 1 is 1.55 bits per heavy atom. The number of amides is 1. The molecule has 2 aromatic rings. The Morgan fingerprint density at radius 2 is 2.35 bits per heavy atom. The molecule has 2 unspecified atom stereocenters. The molecular formula is C15H15FN2OS. The van der Waals surface area contributed by atoms with Crippen molar-refractivity contribution in [1.82, 2.24) is 4.98 Å². The van der Waals surface area contributed by atoms with Crippen LogP contribution in [0.5, 0.6) is 0 Å². The molecule has 20 heavy (non-hydrogen) atoms. The second-order valence-electron chi connectivity index (χ2n) is 5.25. The largest absolute Gasteiger partial charge is 0.302 e. The molecule has 0 spiro atoms. The molecule has 3 rings (SSSR count). The maximum absolute atomic E-state index is 13.1. The van der Waals surface area contributed by atoms with Crippen molar-refractivity contribution < 1.29 is 9.18 Å². The normalized spacial score (nSPS) is 20.7. The highest BCUT2D eigenvalue weighted by Gasteiger charge is 2.39. The SMILES string of the molecule is CC1CC1C(=O)Nc1ncc(Cc2cccc(F)c2)s1. The first-order valence-electron chi connectivity index (χ1n) is 6.62. The van der Waals surface area contributed by atoms with Crippen LogP contribution in [-0.2, 0) is 11.2 Å². The van der Waals surface area contributed by atoms with E-state index in [9.17, 15) is 9.18 Å². The summed E-state index contributed by atoms with van der Waals surface area (Å²) in [7, 11) is 0. The molecular weight excluding hydrogens is 275 g/mol. The van der Waals surface area contributed by atoms with Crippen molar-refractivity contribution in [3.63, 3.8) is 0 Å². The lowest BCUT2D eigenvalue weighted by Crippen LogP contribution is -2.13. The minimum Gasteiger partial charge on any atom is -0.302 e. The molecule has 0 bridgehead atoms. The van der Waals surface area contributed by atoms with Crippen LogP contribution < -0.4 is 5.32 Å². The molecule has 1 aromatic heterocycles. The van der Waals surface area contributed by atoms with E-state index in [2.05, 4.69) is 17.2 Å². The van der Waals surface area contributed by atoms with Gasteiger partial charge in [0.05, 0.1) is 0 Å². The third kappa shape index (κ3) is 3.04. The van der Waals surface area contributed by atoms with E-state index in [-0.39, 0.29) is 17.6 Å². The van der Waals surface area contributed by atoms with Crippen molar-refractivity contribution in [2.45, 2.75) is 19.8 Å². The second-order valence-corrected chi connectivity index (χ2v) is 6.36. The number of anilines is 1. The summed E-state index contributed by atoms with van der Waals surface area (Å²) in [5.41, 5.74) is 0.905. The summed E-state index contributed by atoms with van der Waals surface area (Å²) in [6.45, 7) is 2.07. The van der Waals surface area contributed by atoms with E-state index in [0.717, 1.165) is 16.9 Å². The van der Waals surface area contributed by atoms with Gasteiger partial charge >= 0.3 is 0 Å². The zero-order chi connectivity index (χ0) is 14.1. The van der Waals surface area contributed by atoms with E-state index >= 15 is 0 Å². The molecule has 1 aliphatic carbocycles. The van der Waals surface area contributed by atoms with Crippen LogP contribution >= 0.6 is 11.3 Å². The van der Waals surface area contributed by atoms with E-state index < -0.39 is 0 Å². The van der Waals surface area contributed by atoms with E-state index in [0.29, 0.717) is 17.5 Å². The maximum Gasteiger partial charge on any atom is 0.229 e. The number of nitrogens with one attached hydrogen (secondary N) is 1. The fraction of sp³-hybridized carbons (Fsp3) is 0.333. The molecule has 3 nitrogen and oxygen atoms in total. The lowest BCUT2D eigenvalue weighted by molar-refractivity contribution is -0.117. The lowest BCUT2D eigenvalue weighted by atomic mass is 10.1. The molecule has 0 aliphatic heterocycles. The van der Waals surface area contributed by atoms with Gasteiger partial charge in [-0.3, -0.25) is 4.79 Å². The molecule has 1 N–H and O–H groups in total. The highest BCUT2D eigenvalue weighted by Crippen LogP contribution is 2.38. The molecule has 0 saturated heterocycles. The van der Waals surface area contributed by atoms with Crippen molar-refractivity contribution in [2.24, 2.45) is 11.8 Å². The lowest BCUT2D eigenvalue weighted by Gasteiger charge is -1.99. The first-order valence-corrected chi connectivity index (χ1v) is 7.43. The molecule has 0 radical (unpaired) electrons. The van der Waals surface area contributed by atoms with Gasteiger partial charge in [-0.2, -0.15) is 0 Å². The molecule has 1 aromatic carbocycles. The molecule has 1 saturated carbocycles. The number of carbonyl (C=O) groups is 1. The average molecular weight is 290 g/mol. The molecule has 1 heterocycles. The number of carbonyl (C=O) groups excluding carboxylic acids is 1. The van der Waals surface area contributed by atoms with Crippen LogP contribution in [0.25, 0.3) is 0 Å². The van der Waals surface area contributed by atoms with Gasteiger partial charge in [-0.15, -0.1) is 11.3 Å². The van der Waals surface area contributed by atoms with Gasteiger partial charge in [0.15, 0.2) is 5.13 Å². The van der Waals surface area contributed by atoms with Crippen LogP contribution in [-0.4, -0.2) is 10.9 Å². The number of hydrogen-bond donors (Lipinski definition) is 1. The Balaban J connectivity index is 1.63. The van der Waals surface area contributed by atoms with Gasteiger partial charge in [0.1, 0.15) is 5.82 Å². The van der Waals surface area contributed by atoms with Crippen molar-refractivity contribution in [2.75, 3.05) is 5.32 Å². The highest BCUT2D eigenvalue weighted by molar-refractivity contribution is 7.15. The first-order chi connectivity index (χ1) is 9.61. The summed E-state index contributed by atoms with van der Waals surface area (Å²) >= 11 is 1.44. The van der Waals surface area contributed by atoms with Crippen LogP contribution in [0, 0.1) is 17.7 Å². The summed E-state index contributed by atoms with van der Waals surface area (Å²) in [6, 6.07) is 6.53. The minimum absolute atomic E-state index is 0.0594. The van der Waals surface area contributed by atoms with Crippen LogP contribution in [0.1, 0.15) is 23.8 Å². The molecule has 104 valence electrons.